The van der Waals surface area contributed by atoms with E-state index in [0.29, 0.717) is 36.2 Å². The van der Waals surface area contributed by atoms with Crippen LogP contribution in [0.15, 0.2) is 24.3 Å². The van der Waals surface area contributed by atoms with Crippen molar-refractivity contribution < 1.29 is 43.3 Å². The summed E-state index contributed by atoms with van der Waals surface area (Å²) >= 11 is 0. The minimum absolute atomic E-state index is 0.00525. The molecule has 2 unspecified atom stereocenters. The summed E-state index contributed by atoms with van der Waals surface area (Å²) in [6, 6.07) is 0. The van der Waals surface area contributed by atoms with Gasteiger partial charge in [0.2, 0.25) is 0 Å². The lowest BCUT2D eigenvalue weighted by molar-refractivity contribution is -0.890. The van der Waals surface area contributed by atoms with Gasteiger partial charge in [-0.05, 0) is 64.2 Å². The SMILES string of the molecule is CCCCCCCC/C=C\CCCCCCCC(=O)OCC(C[N+](C)(C)CCSSC(CC(=O)O)C(=O)O)OC(=O)CCCCCCC/C=C\CCCCCCCC. The minimum atomic E-state index is -1.14. The second-order valence-electron chi connectivity index (χ2n) is 16.6. The molecule has 58 heavy (non-hydrogen) atoms. The van der Waals surface area contributed by atoms with Crippen LogP contribution in [0.5, 0.6) is 0 Å². The van der Waals surface area contributed by atoms with E-state index >= 15 is 0 Å². The summed E-state index contributed by atoms with van der Waals surface area (Å²) in [5, 5.41) is 17.3. The average molecular weight is 857 g/mol. The fourth-order valence-corrected chi connectivity index (χ4v) is 9.26. The van der Waals surface area contributed by atoms with E-state index in [2.05, 4.69) is 38.2 Å². The van der Waals surface area contributed by atoms with Crippen LogP contribution in [0.25, 0.3) is 0 Å². The lowest BCUT2D eigenvalue weighted by atomic mass is 10.1. The molecule has 2 N–H and O–H groups in total. The maximum absolute atomic E-state index is 12.9. The third-order valence-corrected chi connectivity index (χ3v) is 13.0. The zero-order valence-electron chi connectivity index (χ0n) is 37.4. The van der Waals surface area contributed by atoms with Crippen molar-refractivity contribution in [1.82, 2.24) is 0 Å². The fraction of sp³-hybridized carbons (Fsp3) is 0.830. The molecule has 0 aromatic carbocycles. The lowest BCUT2D eigenvalue weighted by Crippen LogP contribution is -2.49. The van der Waals surface area contributed by atoms with Crippen molar-refractivity contribution in [3.05, 3.63) is 24.3 Å². The predicted octanol–water partition coefficient (Wildman–Crippen LogP) is 12.9. The van der Waals surface area contributed by atoms with Crippen LogP contribution in [0.3, 0.4) is 0 Å². The Kier molecular flexibility index (Phi) is 39.0. The van der Waals surface area contributed by atoms with Crippen LogP contribution in [0.2, 0.25) is 0 Å². The van der Waals surface area contributed by atoms with Gasteiger partial charge in [0, 0.05) is 12.8 Å². The number of ether oxygens (including phenoxy) is 2. The third kappa shape index (κ3) is 39.5. The largest absolute Gasteiger partial charge is 0.481 e. The molecule has 0 spiro atoms. The van der Waals surface area contributed by atoms with Gasteiger partial charge in [0.05, 0.1) is 32.8 Å². The van der Waals surface area contributed by atoms with E-state index in [4.69, 9.17) is 14.6 Å². The zero-order chi connectivity index (χ0) is 43.0. The maximum atomic E-state index is 12.9. The molecule has 338 valence electrons. The molecule has 0 saturated carbocycles. The van der Waals surface area contributed by atoms with Crippen LogP contribution in [0, 0.1) is 0 Å². The quantitative estimate of drug-likeness (QED) is 0.0201. The summed E-state index contributed by atoms with van der Waals surface area (Å²) in [6.07, 6.45) is 39.9. The number of nitrogens with zero attached hydrogens (tertiary/aromatic N) is 1. The molecule has 11 heteroatoms. The number of unbranched alkanes of at least 4 members (excludes halogenated alkanes) is 22. The number of esters is 2. The monoisotopic (exact) mass is 857 g/mol. The van der Waals surface area contributed by atoms with E-state index in [-0.39, 0.29) is 18.5 Å². The number of likely N-dealkylation sites (N-methyl/N-ethyl adjacent to an activating group) is 1. The number of carbonyl (C=O) groups is 4. The Bertz CT molecular complexity index is 1080. The molecule has 0 radical (unpaired) electrons. The van der Waals surface area contributed by atoms with E-state index in [9.17, 15) is 24.3 Å². The number of aliphatic carboxylic acids is 2. The summed E-state index contributed by atoms with van der Waals surface area (Å²) in [6.45, 7) is 5.57. The molecule has 0 aliphatic carbocycles. The van der Waals surface area contributed by atoms with Gasteiger partial charge in [-0.3, -0.25) is 19.2 Å². The fourth-order valence-electron chi connectivity index (χ4n) is 6.69. The smallest absolute Gasteiger partial charge is 0.318 e. The molecule has 0 bridgehead atoms. The minimum Gasteiger partial charge on any atom is -0.481 e. The number of rotatable bonds is 43. The number of carbonyl (C=O) groups excluding carboxylic acids is 2. The standard InChI is InChI=1S/C47H85NO8S2/c1-5-7-9-11-13-15-17-19-21-23-25-27-29-31-33-35-45(51)55-41-42(40-48(3,4)37-38-57-58-43(47(53)54)39-44(49)50)56-46(52)36-34-32-30-28-26-24-22-20-18-16-14-12-10-8-6-2/h19-22,42-43H,5-18,23-41H2,1-4H3,(H-,49,50,53,54)/p+1/b21-19-,22-20-. The van der Waals surface area contributed by atoms with Gasteiger partial charge in [-0.2, -0.15) is 0 Å². The molecular formula is C47H86NO8S2+. The van der Waals surface area contributed by atoms with Gasteiger partial charge in [0.1, 0.15) is 18.4 Å². The highest BCUT2D eigenvalue weighted by atomic mass is 33.1. The first-order valence-electron chi connectivity index (χ1n) is 23.2. The lowest BCUT2D eigenvalue weighted by Gasteiger charge is -2.33. The Hall–Kier alpha value is -1.98. The molecule has 0 rings (SSSR count). The predicted molar refractivity (Wildman–Crippen MR) is 245 cm³/mol. The molecule has 0 aliphatic rings. The van der Waals surface area contributed by atoms with Crippen molar-refractivity contribution in [2.24, 2.45) is 0 Å². The van der Waals surface area contributed by atoms with Gasteiger partial charge in [-0.25, -0.2) is 0 Å². The topological polar surface area (TPSA) is 127 Å². The second-order valence-corrected chi connectivity index (χ2v) is 19.3. The summed E-state index contributed by atoms with van der Waals surface area (Å²) in [5.41, 5.74) is 0. The van der Waals surface area contributed by atoms with Crippen LogP contribution >= 0.6 is 21.6 Å². The molecule has 2 atom stereocenters. The van der Waals surface area contributed by atoms with Crippen molar-refractivity contribution in [3.63, 3.8) is 0 Å². The Morgan fingerprint density at radius 2 is 1.00 bits per heavy atom. The van der Waals surface area contributed by atoms with E-state index in [1.54, 1.807) is 0 Å². The highest BCUT2D eigenvalue weighted by molar-refractivity contribution is 8.77. The first-order valence-corrected chi connectivity index (χ1v) is 25.6. The normalized spacial score (nSPS) is 13.0. The zero-order valence-corrected chi connectivity index (χ0v) is 39.0. The number of carboxylic acids is 2. The Labute approximate surface area is 362 Å². The summed E-state index contributed by atoms with van der Waals surface area (Å²) in [4.78, 5) is 48.1. The Morgan fingerprint density at radius 3 is 1.43 bits per heavy atom. The third-order valence-electron chi connectivity index (χ3n) is 10.3. The van der Waals surface area contributed by atoms with E-state index in [1.807, 2.05) is 14.1 Å². The van der Waals surface area contributed by atoms with E-state index in [0.717, 1.165) is 75.0 Å². The second kappa shape index (κ2) is 40.4. The van der Waals surface area contributed by atoms with Gasteiger partial charge >= 0.3 is 23.9 Å². The molecule has 0 fully saturated rings. The summed E-state index contributed by atoms with van der Waals surface area (Å²) in [5.74, 6) is -2.26. The molecule has 0 aromatic rings. The van der Waals surface area contributed by atoms with Crippen molar-refractivity contribution >= 4 is 45.5 Å². The number of allylic oxidation sites excluding steroid dienone is 4. The van der Waals surface area contributed by atoms with Gasteiger partial charge in [-0.15, -0.1) is 0 Å². The van der Waals surface area contributed by atoms with Crippen molar-refractivity contribution in [2.75, 3.05) is 39.5 Å². The van der Waals surface area contributed by atoms with E-state index in [1.165, 1.54) is 114 Å². The van der Waals surface area contributed by atoms with Crippen LogP contribution in [-0.4, -0.2) is 89.5 Å². The average Bonchev–Trinajstić information content (AvgIpc) is 3.17. The first-order chi connectivity index (χ1) is 28.0. The summed E-state index contributed by atoms with van der Waals surface area (Å²) < 4.78 is 12.0. The summed E-state index contributed by atoms with van der Waals surface area (Å²) in [7, 11) is 6.37. The molecule has 0 heterocycles. The molecule has 0 saturated heterocycles. The molecular weight excluding hydrogens is 771 g/mol. The Balaban J connectivity index is 4.61. The van der Waals surface area contributed by atoms with Crippen molar-refractivity contribution in [3.8, 4) is 0 Å². The first kappa shape index (κ1) is 56.0. The Morgan fingerprint density at radius 1 is 0.586 bits per heavy atom. The highest BCUT2D eigenvalue weighted by Crippen LogP contribution is 2.29. The number of carboxylic acid groups (broad SMARTS) is 2. The molecule has 9 nitrogen and oxygen atoms in total. The van der Waals surface area contributed by atoms with Gasteiger partial charge in [-0.1, -0.05) is 162 Å². The number of hydrogen-bond donors (Lipinski definition) is 2. The molecule has 0 aliphatic heterocycles. The van der Waals surface area contributed by atoms with Crippen LogP contribution < -0.4 is 0 Å². The van der Waals surface area contributed by atoms with E-state index < -0.39 is 29.7 Å². The molecule has 0 aromatic heterocycles. The van der Waals surface area contributed by atoms with Gasteiger partial charge in [0.25, 0.3) is 0 Å². The van der Waals surface area contributed by atoms with Crippen molar-refractivity contribution in [2.45, 2.75) is 211 Å². The number of quaternary nitrogens is 1. The molecule has 0 amide bonds. The van der Waals surface area contributed by atoms with Gasteiger partial charge in [0.15, 0.2) is 6.10 Å². The van der Waals surface area contributed by atoms with Crippen LogP contribution in [-0.2, 0) is 28.7 Å². The maximum Gasteiger partial charge on any atom is 0.318 e. The number of hydrogen-bond acceptors (Lipinski definition) is 8. The highest BCUT2D eigenvalue weighted by Gasteiger charge is 2.28. The van der Waals surface area contributed by atoms with Crippen LogP contribution in [0.4, 0.5) is 0 Å². The van der Waals surface area contributed by atoms with Crippen molar-refractivity contribution in [1.29, 1.82) is 0 Å². The van der Waals surface area contributed by atoms with Crippen LogP contribution in [0.1, 0.15) is 200 Å². The van der Waals surface area contributed by atoms with Gasteiger partial charge < -0.3 is 24.2 Å².